The van der Waals surface area contributed by atoms with E-state index in [4.69, 9.17) is 14.2 Å². The molecule has 108 valence electrons. The number of rotatable bonds is 3. The molecular formula is C17H16O4. The van der Waals surface area contributed by atoms with Gasteiger partial charge in [-0.3, -0.25) is 4.79 Å². The van der Waals surface area contributed by atoms with Crippen LogP contribution in [0.3, 0.4) is 0 Å². The topological polar surface area (TPSA) is 44.8 Å². The summed E-state index contributed by atoms with van der Waals surface area (Å²) in [4.78, 5) is 12.7. The Morgan fingerprint density at radius 1 is 1.10 bits per heavy atom. The Bertz CT molecular complexity index is 678. The minimum atomic E-state index is -0.360. The van der Waals surface area contributed by atoms with E-state index in [0.29, 0.717) is 29.4 Å². The number of methoxy groups -OCH3 is 2. The first-order valence-electron chi connectivity index (χ1n) is 6.72. The summed E-state index contributed by atoms with van der Waals surface area (Å²) >= 11 is 0. The number of hydrogen-bond acceptors (Lipinski definition) is 4. The smallest absolute Gasteiger partial charge is 0.177 e. The maximum atomic E-state index is 12.7. The first kappa shape index (κ1) is 13.5. The number of Topliss-reactive ketones (excluding diaryl/α,β-unsaturated/α-hetero) is 1. The number of carbonyl (C=O) groups is 1. The van der Waals surface area contributed by atoms with Gasteiger partial charge < -0.3 is 14.2 Å². The van der Waals surface area contributed by atoms with Crippen molar-refractivity contribution in [3.8, 4) is 17.2 Å². The molecule has 4 nitrogen and oxygen atoms in total. The minimum Gasteiger partial charge on any atom is -0.497 e. The lowest BCUT2D eigenvalue weighted by atomic mass is 9.88. The second-order valence-corrected chi connectivity index (χ2v) is 4.83. The van der Waals surface area contributed by atoms with Crippen LogP contribution >= 0.6 is 0 Å². The SMILES string of the molecule is COc1ccc([C@@H]2COc3ccccc3C2=O)c(OC)c1. The van der Waals surface area contributed by atoms with Gasteiger partial charge in [0, 0.05) is 11.6 Å². The molecule has 4 heteroatoms. The Hall–Kier alpha value is -2.49. The molecule has 0 saturated carbocycles. The van der Waals surface area contributed by atoms with Gasteiger partial charge in [-0.2, -0.15) is 0 Å². The Morgan fingerprint density at radius 2 is 1.90 bits per heavy atom. The normalized spacial score (nSPS) is 16.9. The molecule has 0 aromatic heterocycles. The zero-order valence-electron chi connectivity index (χ0n) is 12.0. The highest BCUT2D eigenvalue weighted by Crippen LogP contribution is 2.37. The van der Waals surface area contributed by atoms with Gasteiger partial charge in [0.2, 0.25) is 0 Å². The number of fused-ring (bicyclic) bond motifs is 1. The molecule has 2 aromatic carbocycles. The van der Waals surface area contributed by atoms with E-state index in [-0.39, 0.29) is 11.7 Å². The van der Waals surface area contributed by atoms with Crippen molar-refractivity contribution in [2.45, 2.75) is 5.92 Å². The molecule has 0 amide bonds. The monoisotopic (exact) mass is 284 g/mol. The van der Waals surface area contributed by atoms with Crippen molar-refractivity contribution >= 4 is 5.78 Å². The Labute approximate surface area is 123 Å². The predicted molar refractivity (Wildman–Crippen MR) is 78.6 cm³/mol. The van der Waals surface area contributed by atoms with Crippen molar-refractivity contribution < 1.29 is 19.0 Å². The molecule has 0 unspecified atom stereocenters. The van der Waals surface area contributed by atoms with Gasteiger partial charge in [-0.15, -0.1) is 0 Å². The summed E-state index contributed by atoms with van der Waals surface area (Å²) in [5.74, 6) is 1.67. The third-order valence-electron chi connectivity index (χ3n) is 3.69. The lowest BCUT2D eigenvalue weighted by molar-refractivity contribution is 0.0894. The minimum absolute atomic E-state index is 0.0558. The number of benzene rings is 2. The largest absolute Gasteiger partial charge is 0.497 e. The van der Waals surface area contributed by atoms with Gasteiger partial charge in [-0.05, 0) is 18.2 Å². The quantitative estimate of drug-likeness (QED) is 0.869. The average molecular weight is 284 g/mol. The molecule has 0 bridgehead atoms. The fourth-order valence-electron chi connectivity index (χ4n) is 2.57. The van der Waals surface area contributed by atoms with E-state index >= 15 is 0 Å². The number of para-hydroxylation sites is 1. The highest BCUT2D eigenvalue weighted by molar-refractivity contribution is 6.04. The maximum absolute atomic E-state index is 12.7. The summed E-state index contributed by atoms with van der Waals surface area (Å²) in [5, 5.41) is 0. The molecule has 21 heavy (non-hydrogen) atoms. The fourth-order valence-corrected chi connectivity index (χ4v) is 2.57. The molecule has 1 heterocycles. The van der Waals surface area contributed by atoms with Crippen molar-refractivity contribution in [2.24, 2.45) is 0 Å². The summed E-state index contributed by atoms with van der Waals surface area (Å²) < 4.78 is 16.3. The van der Waals surface area contributed by atoms with E-state index in [2.05, 4.69) is 0 Å². The van der Waals surface area contributed by atoms with E-state index < -0.39 is 0 Å². The Morgan fingerprint density at radius 3 is 2.67 bits per heavy atom. The molecule has 0 aliphatic carbocycles. The molecule has 1 atom stereocenters. The Kier molecular flexibility index (Phi) is 3.52. The summed E-state index contributed by atoms with van der Waals surface area (Å²) in [5.41, 5.74) is 1.43. The number of hydrogen-bond donors (Lipinski definition) is 0. The van der Waals surface area contributed by atoms with Gasteiger partial charge in [-0.1, -0.05) is 18.2 Å². The summed E-state index contributed by atoms with van der Waals surface area (Å²) in [6, 6.07) is 12.8. The zero-order chi connectivity index (χ0) is 14.8. The molecule has 1 aliphatic rings. The molecule has 3 rings (SSSR count). The van der Waals surface area contributed by atoms with Crippen LogP contribution in [0.15, 0.2) is 42.5 Å². The fraction of sp³-hybridized carbons (Fsp3) is 0.235. The lowest BCUT2D eigenvalue weighted by Gasteiger charge is -2.25. The second-order valence-electron chi connectivity index (χ2n) is 4.83. The molecule has 0 saturated heterocycles. The van der Waals surface area contributed by atoms with Crippen molar-refractivity contribution in [3.05, 3.63) is 53.6 Å². The average Bonchev–Trinajstić information content (AvgIpc) is 2.55. The van der Waals surface area contributed by atoms with Crippen LogP contribution < -0.4 is 14.2 Å². The third kappa shape index (κ3) is 2.33. The molecular weight excluding hydrogens is 268 g/mol. The van der Waals surface area contributed by atoms with E-state index in [1.165, 1.54) is 0 Å². The van der Waals surface area contributed by atoms with Gasteiger partial charge in [0.05, 0.1) is 25.7 Å². The molecule has 0 N–H and O–H groups in total. The highest BCUT2D eigenvalue weighted by atomic mass is 16.5. The van der Waals surface area contributed by atoms with Crippen molar-refractivity contribution in [2.75, 3.05) is 20.8 Å². The summed E-state index contributed by atoms with van der Waals surface area (Å²) in [6.07, 6.45) is 0. The van der Waals surface area contributed by atoms with E-state index in [1.807, 2.05) is 30.3 Å². The molecule has 0 fully saturated rings. The van der Waals surface area contributed by atoms with Gasteiger partial charge in [-0.25, -0.2) is 0 Å². The number of ether oxygens (including phenoxy) is 3. The highest BCUT2D eigenvalue weighted by Gasteiger charge is 2.31. The van der Waals surface area contributed by atoms with Crippen LogP contribution in [0.2, 0.25) is 0 Å². The van der Waals surface area contributed by atoms with Crippen LogP contribution in [-0.2, 0) is 0 Å². The van der Waals surface area contributed by atoms with Crippen LogP contribution in [0.4, 0.5) is 0 Å². The van der Waals surface area contributed by atoms with Gasteiger partial charge in [0.25, 0.3) is 0 Å². The number of ketones is 1. The first-order valence-corrected chi connectivity index (χ1v) is 6.72. The van der Waals surface area contributed by atoms with E-state index in [0.717, 1.165) is 5.56 Å². The Balaban J connectivity index is 2.01. The van der Waals surface area contributed by atoms with Crippen LogP contribution in [-0.4, -0.2) is 26.6 Å². The van der Waals surface area contributed by atoms with E-state index in [1.54, 1.807) is 26.4 Å². The van der Waals surface area contributed by atoms with Crippen molar-refractivity contribution in [1.29, 1.82) is 0 Å². The lowest BCUT2D eigenvalue weighted by Crippen LogP contribution is -2.26. The van der Waals surface area contributed by atoms with Crippen LogP contribution in [0.25, 0.3) is 0 Å². The number of carbonyl (C=O) groups excluding carboxylic acids is 1. The first-order chi connectivity index (χ1) is 10.2. The molecule has 2 aromatic rings. The van der Waals surface area contributed by atoms with Gasteiger partial charge in [0.1, 0.15) is 23.9 Å². The van der Waals surface area contributed by atoms with Crippen LogP contribution in [0.1, 0.15) is 21.8 Å². The predicted octanol–water partition coefficient (Wildman–Crippen LogP) is 3.06. The van der Waals surface area contributed by atoms with Gasteiger partial charge in [0.15, 0.2) is 5.78 Å². The zero-order valence-corrected chi connectivity index (χ0v) is 12.0. The third-order valence-corrected chi connectivity index (χ3v) is 3.69. The maximum Gasteiger partial charge on any atom is 0.177 e. The summed E-state index contributed by atoms with van der Waals surface area (Å²) in [6.45, 7) is 0.318. The van der Waals surface area contributed by atoms with Crippen LogP contribution in [0, 0.1) is 0 Å². The standard InChI is InChI=1S/C17H16O4/c1-19-11-7-8-12(16(9-11)20-2)14-10-21-15-6-4-3-5-13(15)17(14)18/h3-9,14H,10H2,1-2H3/t14-/m0/s1. The molecule has 1 aliphatic heterocycles. The van der Waals surface area contributed by atoms with E-state index in [9.17, 15) is 4.79 Å². The molecule has 0 spiro atoms. The van der Waals surface area contributed by atoms with Crippen molar-refractivity contribution in [1.82, 2.24) is 0 Å². The molecule has 0 radical (unpaired) electrons. The second kappa shape index (κ2) is 5.48. The summed E-state index contributed by atoms with van der Waals surface area (Å²) in [7, 11) is 3.18. The van der Waals surface area contributed by atoms with Crippen LogP contribution in [0.5, 0.6) is 17.2 Å². The van der Waals surface area contributed by atoms with Gasteiger partial charge >= 0.3 is 0 Å². The van der Waals surface area contributed by atoms with Crippen molar-refractivity contribution in [3.63, 3.8) is 0 Å².